The fourth-order valence-electron chi connectivity index (χ4n) is 3.49. The quantitative estimate of drug-likeness (QED) is 0.731. The number of amides is 2. The summed E-state index contributed by atoms with van der Waals surface area (Å²) >= 11 is 12.4. The number of piperazine rings is 1. The van der Waals surface area contributed by atoms with Gasteiger partial charge in [0.05, 0.1) is 5.69 Å². The standard InChI is InChI=1S/C21H25Cl2N3O/c1-3-15-8-9-19(23)18(4-2)20(15)24-21(27)26-12-10-25(11-13-26)17-7-5-6-16(22)14-17/h5-9,14H,3-4,10-13H2,1-2H3,(H,24,27). The predicted octanol–water partition coefficient (Wildman–Crippen LogP) is 5.47. The number of halogens is 2. The van der Waals surface area contributed by atoms with Gasteiger partial charge in [0.1, 0.15) is 0 Å². The van der Waals surface area contributed by atoms with Crippen molar-refractivity contribution in [3.05, 3.63) is 57.6 Å². The molecule has 3 rings (SSSR count). The van der Waals surface area contributed by atoms with Crippen molar-refractivity contribution in [3.63, 3.8) is 0 Å². The molecule has 0 aliphatic carbocycles. The van der Waals surface area contributed by atoms with Crippen molar-refractivity contribution in [1.82, 2.24) is 4.90 Å². The monoisotopic (exact) mass is 405 g/mol. The first-order chi connectivity index (χ1) is 13.0. The molecule has 0 atom stereocenters. The van der Waals surface area contributed by atoms with Crippen molar-refractivity contribution in [2.75, 3.05) is 36.4 Å². The first kappa shape index (κ1) is 19.8. The van der Waals surface area contributed by atoms with E-state index in [0.717, 1.165) is 53.5 Å². The second-order valence-electron chi connectivity index (χ2n) is 6.65. The molecule has 2 aromatic rings. The highest BCUT2D eigenvalue weighted by molar-refractivity contribution is 6.32. The lowest BCUT2D eigenvalue weighted by Gasteiger charge is -2.36. The minimum atomic E-state index is -0.0626. The Morgan fingerprint density at radius 3 is 2.41 bits per heavy atom. The topological polar surface area (TPSA) is 35.6 Å². The van der Waals surface area contributed by atoms with Crippen LogP contribution in [0.5, 0.6) is 0 Å². The van der Waals surface area contributed by atoms with Gasteiger partial charge in [0.15, 0.2) is 0 Å². The van der Waals surface area contributed by atoms with E-state index in [1.54, 1.807) is 0 Å². The van der Waals surface area contributed by atoms with E-state index in [9.17, 15) is 4.79 Å². The molecule has 144 valence electrons. The normalized spacial score (nSPS) is 14.4. The van der Waals surface area contributed by atoms with Crippen molar-refractivity contribution >= 4 is 40.6 Å². The van der Waals surface area contributed by atoms with Crippen LogP contribution in [0.15, 0.2) is 36.4 Å². The Balaban J connectivity index is 1.68. The molecular formula is C21H25Cl2N3O. The zero-order chi connectivity index (χ0) is 19.4. The average Bonchev–Trinajstić information content (AvgIpc) is 2.68. The van der Waals surface area contributed by atoms with E-state index >= 15 is 0 Å². The molecular weight excluding hydrogens is 381 g/mol. The molecule has 1 N–H and O–H groups in total. The molecule has 27 heavy (non-hydrogen) atoms. The van der Waals surface area contributed by atoms with Crippen LogP contribution in [0.2, 0.25) is 10.0 Å². The maximum atomic E-state index is 12.8. The maximum absolute atomic E-state index is 12.8. The lowest BCUT2D eigenvalue weighted by Crippen LogP contribution is -2.50. The van der Waals surface area contributed by atoms with Crippen LogP contribution in [0, 0.1) is 0 Å². The number of hydrogen-bond acceptors (Lipinski definition) is 2. The maximum Gasteiger partial charge on any atom is 0.321 e. The average molecular weight is 406 g/mol. The molecule has 1 fully saturated rings. The number of rotatable bonds is 4. The van der Waals surface area contributed by atoms with Crippen molar-refractivity contribution in [3.8, 4) is 0 Å². The fraction of sp³-hybridized carbons (Fsp3) is 0.381. The number of aryl methyl sites for hydroxylation is 1. The number of carbonyl (C=O) groups is 1. The lowest BCUT2D eigenvalue weighted by molar-refractivity contribution is 0.208. The Kier molecular flexibility index (Phi) is 6.51. The van der Waals surface area contributed by atoms with Gasteiger partial charge in [-0.2, -0.15) is 0 Å². The molecule has 0 bridgehead atoms. The predicted molar refractivity (Wildman–Crippen MR) is 114 cm³/mol. The number of hydrogen-bond donors (Lipinski definition) is 1. The van der Waals surface area contributed by atoms with E-state index in [1.807, 2.05) is 35.2 Å². The zero-order valence-electron chi connectivity index (χ0n) is 15.8. The molecule has 6 heteroatoms. The highest BCUT2D eigenvalue weighted by atomic mass is 35.5. The van der Waals surface area contributed by atoms with Gasteiger partial charge in [-0.05, 0) is 48.2 Å². The van der Waals surface area contributed by atoms with Gasteiger partial charge in [0.25, 0.3) is 0 Å². The largest absolute Gasteiger partial charge is 0.368 e. The third-order valence-corrected chi connectivity index (χ3v) is 5.64. The Hall–Kier alpha value is -1.91. The molecule has 1 aliphatic rings. The summed E-state index contributed by atoms with van der Waals surface area (Å²) in [6.07, 6.45) is 1.63. The van der Waals surface area contributed by atoms with Crippen molar-refractivity contribution in [1.29, 1.82) is 0 Å². The second kappa shape index (κ2) is 8.85. The van der Waals surface area contributed by atoms with E-state index < -0.39 is 0 Å². The van der Waals surface area contributed by atoms with Gasteiger partial charge in [0.2, 0.25) is 0 Å². The Bertz CT molecular complexity index is 817. The summed E-state index contributed by atoms with van der Waals surface area (Å²) in [7, 11) is 0. The van der Waals surface area contributed by atoms with Crippen LogP contribution in [0.25, 0.3) is 0 Å². The summed E-state index contributed by atoms with van der Waals surface area (Å²) in [5.74, 6) is 0. The van der Waals surface area contributed by atoms with Crippen LogP contribution in [0.4, 0.5) is 16.2 Å². The number of benzene rings is 2. The van der Waals surface area contributed by atoms with Gasteiger partial charge in [-0.3, -0.25) is 0 Å². The number of carbonyl (C=O) groups excluding carboxylic acids is 1. The van der Waals surface area contributed by atoms with Gasteiger partial charge in [0, 0.05) is 41.9 Å². The number of nitrogens with one attached hydrogen (secondary N) is 1. The smallest absolute Gasteiger partial charge is 0.321 e. The van der Waals surface area contributed by atoms with Crippen molar-refractivity contribution in [2.24, 2.45) is 0 Å². The van der Waals surface area contributed by atoms with Crippen LogP contribution in [0.3, 0.4) is 0 Å². The van der Waals surface area contributed by atoms with Crippen LogP contribution in [-0.4, -0.2) is 37.1 Å². The van der Waals surface area contributed by atoms with Crippen LogP contribution < -0.4 is 10.2 Å². The molecule has 0 aromatic heterocycles. The van der Waals surface area contributed by atoms with Crippen LogP contribution in [0.1, 0.15) is 25.0 Å². The van der Waals surface area contributed by atoms with Crippen LogP contribution >= 0.6 is 23.2 Å². The van der Waals surface area contributed by atoms with E-state index in [0.29, 0.717) is 18.1 Å². The number of anilines is 2. The summed E-state index contributed by atoms with van der Waals surface area (Å²) in [6.45, 7) is 7.04. The molecule has 2 amide bonds. The van der Waals surface area contributed by atoms with Crippen LogP contribution in [-0.2, 0) is 12.8 Å². The van der Waals surface area contributed by atoms with E-state index in [2.05, 4.69) is 30.1 Å². The third-order valence-electron chi connectivity index (χ3n) is 5.05. The van der Waals surface area contributed by atoms with Gasteiger partial charge in [-0.25, -0.2) is 4.79 Å². The zero-order valence-corrected chi connectivity index (χ0v) is 17.3. The number of urea groups is 1. The molecule has 0 radical (unpaired) electrons. The molecule has 4 nitrogen and oxygen atoms in total. The lowest BCUT2D eigenvalue weighted by atomic mass is 10.0. The van der Waals surface area contributed by atoms with Gasteiger partial charge < -0.3 is 15.1 Å². The van der Waals surface area contributed by atoms with Gasteiger partial charge >= 0.3 is 6.03 Å². The number of nitrogens with zero attached hydrogens (tertiary/aromatic N) is 2. The van der Waals surface area contributed by atoms with Gasteiger partial charge in [-0.15, -0.1) is 0 Å². The summed E-state index contributed by atoms with van der Waals surface area (Å²) in [5.41, 5.74) is 4.08. The fourth-order valence-corrected chi connectivity index (χ4v) is 3.97. The van der Waals surface area contributed by atoms with Gasteiger partial charge in [-0.1, -0.05) is 49.2 Å². The molecule has 0 unspecified atom stereocenters. The second-order valence-corrected chi connectivity index (χ2v) is 7.49. The molecule has 2 aromatic carbocycles. The summed E-state index contributed by atoms with van der Waals surface area (Å²) in [4.78, 5) is 17.0. The van der Waals surface area contributed by atoms with E-state index in [1.165, 1.54) is 0 Å². The first-order valence-electron chi connectivity index (χ1n) is 9.40. The minimum absolute atomic E-state index is 0.0626. The highest BCUT2D eigenvalue weighted by Gasteiger charge is 2.23. The Morgan fingerprint density at radius 1 is 1.04 bits per heavy atom. The van der Waals surface area contributed by atoms with E-state index in [-0.39, 0.29) is 6.03 Å². The molecule has 1 heterocycles. The van der Waals surface area contributed by atoms with E-state index in [4.69, 9.17) is 23.2 Å². The van der Waals surface area contributed by atoms with Crippen molar-refractivity contribution in [2.45, 2.75) is 26.7 Å². The summed E-state index contributed by atoms with van der Waals surface area (Å²) in [6, 6.07) is 11.7. The SMILES string of the molecule is CCc1ccc(Cl)c(CC)c1NC(=O)N1CCN(c2cccc(Cl)c2)CC1. The highest BCUT2D eigenvalue weighted by Crippen LogP contribution is 2.30. The van der Waals surface area contributed by atoms with Crippen molar-refractivity contribution < 1.29 is 4.79 Å². The summed E-state index contributed by atoms with van der Waals surface area (Å²) in [5, 5.41) is 4.55. The third kappa shape index (κ3) is 4.50. The Morgan fingerprint density at radius 2 is 1.78 bits per heavy atom. The molecule has 0 saturated carbocycles. The molecule has 0 spiro atoms. The Labute approximate surface area is 171 Å². The first-order valence-corrected chi connectivity index (χ1v) is 10.2. The summed E-state index contributed by atoms with van der Waals surface area (Å²) < 4.78 is 0. The molecule has 1 aliphatic heterocycles. The molecule has 1 saturated heterocycles. The minimum Gasteiger partial charge on any atom is -0.368 e.